The van der Waals surface area contributed by atoms with E-state index in [4.69, 9.17) is 0 Å². The van der Waals surface area contributed by atoms with Crippen molar-refractivity contribution in [3.63, 3.8) is 0 Å². The number of H-pyrrole nitrogens is 1. The van der Waals surface area contributed by atoms with E-state index in [1.54, 1.807) is 0 Å². The number of amides is 1. The Bertz CT molecular complexity index is 948. The molecule has 0 aliphatic rings. The van der Waals surface area contributed by atoms with Gasteiger partial charge in [-0.1, -0.05) is 63.2 Å². The van der Waals surface area contributed by atoms with Gasteiger partial charge in [0.25, 0.3) is 0 Å². The third kappa shape index (κ3) is 5.27. The molecule has 1 aromatic heterocycles. The third-order valence-electron chi connectivity index (χ3n) is 5.45. The predicted octanol–water partition coefficient (Wildman–Crippen LogP) is 4.67. The second kappa shape index (κ2) is 8.83. The third-order valence-corrected chi connectivity index (χ3v) is 5.45. The van der Waals surface area contributed by atoms with Crippen molar-refractivity contribution in [3.8, 4) is 0 Å². The van der Waals surface area contributed by atoms with E-state index in [0.717, 1.165) is 12.1 Å². The zero-order valence-electron chi connectivity index (χ0n) is 18.3. The Kier molecular flexibility index (Phi) is 6.43. The smallest absolute Gasteiger partial charge is 0.220 e. The summed E-state index contributed by atoms with van der Waals surface area (Å²) in [5, 5.41) is 4.25. The zero-order chi connectivity index (χ0) is 21.0. The lowest BCUT2D eigenvalue weighted by atomic mass is 9.83. The summed E-state index contributed by atoms with van der Waals surface area (Å²) < 4.78 is 0. The van der Waals surface area contributed by atoms with Crippen molar-refractivity contribution < 1.29 is 4.79 Å². The highest BCUT2D eigenvalue weighted by molar-refractivity contribution is 5.86. The second-order valence-corrected chi connectivity index (χ2v) is 9.07. The van der Waals surface area contributed by atoms with Crippen LogP contribution in [0.4, 0.5) is 0 Å². The molecule has 2 aromatic carbocycles. The first-order valence-electron chi connectivity index (χ1n) is 10.3. The Morgan fingerprint density at radius 2 is 1.76 bits per heavy atom. The van der Waals surface area contributed by atoms with Crippen molar-refractivity contribution in [1.29, 1.82) is 0 Å². The van der Waals surface area contributed by atoms with Crippen LogP contribution in [0.2, 0.25) is 0 Å². The van der Waals surface area contributed by atoms with Crippen molar-refractivity contribution in [2.45, 2.75) is 38.5 Å². The van der Waals surface area contributed by atoms with Crippen LogP contribution in [0.5, 0.6) is 0 Å². The summed E-state index contributed by atoms with van der Waals surface area (Å²) in [7, 11) is 4.02. The maximum atomic E-state index is 12.7. The molecular weight excluding hydrogens is 358 g/mol. The maximum absolute atomic E-state index is 12.7. The van der Waals surface area contributed by atoms with Crippen LogP contribution in [0, 0.1) is 0 Å². The average molecular weight is 392 g/mol. The van der Waals surface area contributed by atoms with Crippen molar-refractivity contribution in [3.05, 3.63) is 71.4 Å². The number of carbonyl (C=O) groups is 1. The Morgan fingerprint density at radius 3 is 2.41 bits per heavy atom. The molecule has 0 aliphatic heterocycles. The van der Waals surface area contributed by atoms with Gasteiger partial charge in [0.1, 0.15) is 0 Å². The lowest BCUT2D eigenvalue weighted by Gasteiger charge is -2.22. The van der Waals surface area contributed by atoms with Crippen LogP contribution in [0.25, 0.3) is 10.9 Å². The fourth-order valence-corrected chi connectivity index (χ4v) is 3.68. The summed E-state index contributed by atoms with van der Waals surface area (Å²) in [5.74, 6) is 0.0987. The number of para-hydroxylation sites is 1. The molecule has 0 fully saturated rings. The first-order chi connectivity index (χ1) is 13.8. The SMILES string of the molecule is CN(C)CCNC(=O)C[C@@H](c1ccc(C(C)(C)C)cc1)c1c[nH]c2ccccc12. The summed E-state index contributed by atoms with van der Waals surface area (Å²) in [6.07, 6.45) is 2.49. The predicted molar refractivity (Wildman–Crippen MR) is 121 cm³/mol. The van der Waals surface area contributed by atoms with Gasteiger partial charge in [0.05, 0.1) is 0 Å². The van der Waals surface area contributed by atoms with Gasteiger partial charge in [-0.3, -0.25) is 4.79 Å². The van der Waals surface area contributed by atoms with E-state index in [-0.39, 0.29) is 17.2 Å². The number of rotatable bonds is 7. The van der Waals surface area contributed by atoms with Crippen LogP contribution in [0.15, 0.2) is 54.7 Å². The van der Waals surface area contributed by atoms with Gasteiger partial charge in [-0.2, -0.15) is 0 Å². The molecule has 0 saturated carbocycles. The van der Waals surface area contributed by atoms with Crippen molar-refractivity contribution in [1.82, 2.24) is 15.2 Å². The molecule has 2 N–H and O–H groups in total. The summed E-state index contributed by atoms with van der Waals surface area (Å²) in [6, 6.07) is 17.0. The molecule has 29 heavy (non-hydrogen) atoms. The largest absolute Gasteiger partial charge is 0.361 e. The van der Waals surface area contributed by atoms with Gasteiger partial charge in [0.2, 0.25) is 5.91 Å². The van der Waals surface area contributed by atoms with Crippen LogP contribution in [-0.2, 0) is 10.2 Å². The van der Waals surface area contributed by atoms with E-state index in [9.17, 15) is 4.79 Å². The second-order valence-electron chi connectivity index (χ2n) is 9.07. The van der Waals surface area contributed by atoms with Gasteiger partial charge < -0.3 is 15.2 Å². The first kappa shape index (κ1) is 21.1. The lowest BCUT2D eigenvalue weighted by molar-refractivity contribution is -0.121. The highest BCUT2D eigenvalue weighted by atomic mass is 16.1. The molecule has 1 amide bonds. The molecule has 3 rings (SSSR count). The highest BCUT2D eigenvalue weighted by Gasteiger charge is 2.22. The molecule has 1 atom stereocenters. The van der Waals surface area contributed by atoms with E-state index >= 15 is 0 Å². The molecular formula is C25H33N3O. The summed E-state index contributed by atoms with van der Waals surface area (Å²) in [5.41, 5.74) is 4.86. The molecule has 0 unspecified atom stereocenters. The molecule has 0 bridgehead atoms. The van der Waals surface area contributed by atoms with Gasteiger partial charge >= 0.3 is 0 Å². The molecule has 1 heterocycles. The van der Waals surface area contributed by atoms with Crippen molar-refractivity contribution in [2.75, 3.05) is 27.2 Å². The topological polar surface area (TPSA) is 48.1 Å². The summed E-state index contributed by atoms with van der Waals surface area (Å²) >= 11 is 0. The monoisotopic (exact) mass is 391 g/mol. The number of aromatic amines is 1. The van der Waals surface area contributed by atoms with Crippen molar-refractivity contribution >= 4 is 16.8 Å². The van der Waals surface area contributed by atoms with Gasteiger partial charge in [-0.25, -0.2) is 0 Å². The minimum atomic E-state index is 0.0134. The van der Waals surface area contributed by atoms with Crippen LogP contribution in [0.3, 0.4) is 0 Å². The Balaban J connectivity index is 1.90. The molecule has 4 heteroatoms. The Morgan fingerprint density at radius 1 is 1.07 bits per heavy atom. The first-order valence-corrected chi connectivity index (χ1v) is 10.3. The number of nitrogens with one attached hydrogen (secondary N) is 2. The van der Waals surface area contributed by atoms with Gasteiger partial charge in [-0.15, -0.1) is 0 Å². The van der Waals surface area contributed by atoms with E-state index < -0.39 is 0 Å². The number of hydrogen-bond donors (Lipinski definition) is 2. The lowest BCUT2D eigenvalue weighted by Crippen LogP contribution is -2.32. The number of likely N-dealkylation sites (N-methyl/N-ethyl adjacent to an activating group) is 1. The Hall–Kier alpha value is -2.59. The van der Waals surface area contributed by atoms with Gasteiger partial charge in [-0.05, 0) is 42.3 Å². The number of benzene rings is 2. The number of aromatic nitrogens is 1. The van der Waals surface area contributed by atoms with Crippen LogP contribution < -0.4 is 5.32 Å². The van der Waals surface area contributed by atoms with Gasteiger partial charge in [0, 0.05) is 42.5 Å². The molecule has 4 nitrogen and oxygen atoms in total. The fourth-order valence-electron chi connectivity index (χ4n) is 3.68. The number of hydrogen-bond acceptors (Lipinski definition) is 2. The highest BCUT2D eigenvalue weighted by Crippen LogP contribution is 2.34. The molecule has 0 spiro atoms. The van der Waals surface area contributed by atoms with Crippen molar-refractivity contribution in [2.24, 2.45) is 0 Å². The molecule has 0 radical (unpaired) electrons. The zero-order valence-corrected chi connectivity index (χ0v) is 18.3. The number of carbonyl (C=O) groups excluding carboxylic acids is 1. The summed E-state index contributed by atoms with van der Waals surface area (Å²) in [6.45, 7) is 8.16. The summed E-state index contributed by atoms with van der Waals surface area (Å²) in [4.78, 5) is 18.2. The van der Waals surface area contributed by atoms with E-state index in [0.29, 0.717) is 13.0 Å². The number of nitrogens with zero attached hydrogens (tertiary/aromatic N) is 1. The Labute approximate surface area is 174 Å². The standard InChI is InChI=1S/C25H33N3O/c1-25(2,3)19-12-10-18(11-13-19)21(16-24(29)26-14-15-28(4)5)22-17-27-23-9-7-6-8-20(22)23/h6-13,17,21,27H,14-16H2,1-5H3,(H,26,29)/t21-/m0/s1. The quantitative estimate of drug-likeness (QED) is 0.615. The molecule has 154 valence electrons. The molecule has 0 saturated heterocycles. The van der Waals surface area contributed by atoms with Crippen LogP contribution >= 0.6 is 0 Å². The number of fused-ring (bicyclic) bond motifs is 1. The van der Waals surface area contributed by atoms with E-state index in [1.807, 2.05) is 20.2 Å². The fraction of sp³-hybridized carbons (Fsp3) is 0.400. The van der Waals surface area contributed by atoms with Crippen LogP contribution in [-0.4, -0.2) is 43.0 Å². The molecule has 3 aromatic rings. The normalized spacial score (nSPS) is 13.0. The minimum Gasteiger partial charge on any atom is -0.361 e. The van der Waals surface area contributed by atoms with Gasteiger partial charge in [0.15, 0.2) is 0 Å². The van der Waals surface area contributed by atoms with E-state index in [1.165, 1.54) is 22.1 Å². The van der Waals surface area contributed by atoms with Crippen LogP contribution in [0.1, 0.15) is 49.8 Å². The average Bonchev–Trinajstić information content (AvgIpc) is 3.09. The maximum Gasteiger partial charge on any atom is 0.220 e. The molecule has 0 aliphatic carbocycles. The van der Waals surface area contributed by atoms with E-state index in [2.05, 4.69) is 84.6 Å². The minimum absolute atomic E-state index is 0.0134.